The maximum atomic E-state index is 12.6. The van der Waals surface area contributed by atoms with Gasteiger partial charge in [0.05, 0.1) is 0 Å². The predicted molar refractivity (Wildman–Crippen MR) is 96.3 cm³/mol. The van der Waals surface area contributed by atoms with Crippen molar-refractivity contribution < 1.29 is 9.53 Å². The molecule has 0 bridgehead atoms. The Morgan fingerprint density at radius 3 is 2.33 bits per heavy atom. The van der Waals surface area contributed by atoms with Gasteiger partial charge in [-0.3, -0.25) is 4.79 Å². The van der Waals surface area contributed by atoms with Crippen molar-refractivity contribution in [1.29, 1.82) is 0 Å². The summed E-state index contributed by atoms with van der Waals surface area (Å²) < 4.78 is 5.78. The van der Waals surface area contributed by atoms with Gasteiger partial charge in [0.25, 0.3) is 5.91 Å². The summed E-state index contributed by atoms with van der Waals surface area (Å²) >= 11 is 0. The molecule has 0 saturated carbocycles. The monoisotopic (exact) mass is 317 g/mol. The van der Waals surface area contributed by atoms with Crippen LogP contribution in [0, 0.1) is 6.92 Å². The first-order valence-electron chi connectivity index (χ1n) is 7.87. The third kappa shape index (κ3) is 3.82. The minimum atomic E-state index is -0.128. The van der Waals surface area contributed by atoms with Crippen LogP contribution in [0.15, 0.2) is 78.9 Å². The fourth-order valence-electron chi connectivity index (χ4n) is 2.45. The normalized spacial score (nSPS) is 10.2. The van der Waals surface area contributed by atoms with Gasteiger partial charge in [-0.05, 0) is 36.8 Å². The number of anilines is 1. The van der Waals surface area contributed by atoms with Crippen molar-refractivity contribution in [2.75, 3.05) is 5.32 Å². The topological polar surface area (TPSA) is 38.3 Å². The number of para-hydroxylation sites is 2. The number of hydrogen-bond donors (Lipinski definition) is 1. The lowest BCUT2D eigenvalue weighted by molar-refractivity contribution is 0.102. The Kier molecular flexibility index (Phi) is 4.92. The zero-order valence-electron chi connectivity index (χ0n) is 13.5. The molecule has 0 saturated heterocycles. The summed E-state index contributed by atoms with van der Waals surface area (Å²) in [5.74, 6) is 0.656. The van der Waals surface area contributed by atoms with Crippen LogP contribution in [0.1, 0.15) is 21.5 Å². The van der Waals surface area contributed by atoms with Crippen molar-refractivity contribution in [1.82, 2.24) is 0 Å². The highest BCUT2D eigenvalue weighted by Gasteiger charge is 2.12. The van der Waals surface area contributed by atoms with Gasteiger partial charge in [0.1, 0.15) is 12.4 Å². The van der Waals surface area contributed by atoms with E-state index in [2.05, 4.69) is 5.32 Å². The highest BCUT2D eigenvalue weighted by atomic mass is 16.5. The van der Waals surface area contributed by atoms with E-state index in [1.165, 1.54) is 0 Å². The van der Waals surface area contributed by atoms with Gasteiger partial charge >= 0.3 is 0 Å². The van der Waals surface area contributed by atoms with Gasteiger partial charge in [0.15, 0.2) is 0 Å². The highest BCUT2D eigenvalue weighted by Crippen LogP contribution is 2.18. The van der Waals surface area contributed by atoms with Gasteiger partial charge in [0, 0.05) is 16.8 Å². The molecule has 0 atom stereocenters. The van der Waals surface area contributed by atoms with E-state index >= 15 is 0 Å². The van der Waals surface area contributed by atoms with Gasteiger partial charge in [-0.25, -0.2) is 0 Å². The minimum absolute atomic E-state index is 0.128. The number of carbonyl (C=O) groups is 1. The number of rotatable bonds is 5. The van der Waals surface area contributed by atoms with Crippen LogP contribution in [0.3, 0.4) is 0 Å². The second-order valence-electron chi connectivity index (χ2n) is 5.53. The van der Waals surface area contributed by atoms with Crippen LogP contribution in [-0.4, -0.2) is 5.91 Å². The molecule has 3 aromatic carbocycles. The van der Waals surface area contributed by atoms with Crippen molar-refractivity contribution in [2.24, 2.45) is 0 Å². The van der Waals surface area contributed by atoms with Crippen LogP contribution < -0.4 is 10.1 Å². The van der Waals surface area contributed by atoms with Crippen LogP contribution >= 0.6 is 0 Å². The fourth-order valence-corrected chi connectivity index (χ4v) is 2.45. The molecule has 0 aliphatic heterocycles. The molecule has 1 N–H and O–H groups in total. The summed E-state index contributed by atoms with van der Waals surface area (Å²) in [4.78, 5) is 12.6. The van der Waals surface area contributed by atoms with E-state index in [0.29, 0.717) is 12.2 Å². The average molecular weight is 317 g/mol. The summed E-state index contributed by atoms with van der Waals surface area (Å²) in [5, 5.41) is 2.97. The molecule has 0 spiro atoms. The average Bonchev–Trinajstić information content (AvgIpc) is 2.63. The molecule has 0 heterocycles. The van der Waals surface area contributed by atoms with E-state index in [1.807, 2.05) is 85.8 Å². The minimum Gasteiger partial charge on any atom is -0.489 e. The highest BCUT2D eigenvalue weighted by molar-refractivity contribution is 6.05. The van der Waals surface area contributed by atoms with Crippen molar-refractivity contribution in [3.8, 4) is 5.75 Å². The molecule has 0 unspecified atom stereocenters. The summed E-state index contributed by atoms with van der Waals surface area (Å²) in [6, 6.07) is 24.8. The molecular formula is C21H19NO2. The number of amides is 1. The smallest absolute Gasteiger partial charge is 0.256 e. The Morgan fingerprint density at radius 1 is 0.875 bits per heavy atom. The number of benzene rings is 3. The van der Waals surface area contributed by atoms with Crippen molar-refractivity contribution >= 4 is 11.6 Å². The quantitative estimate of drug-likeness (QED) is 0.732. The van der Waals surface area contributed by atoms with Crippen LogP contribution in [0.4, 0.5) is 5.69 Å². The van der Waals surface area contributed by atoms with E-state index in [-0.39, 0.29) is 5.91 Å². The van der Waals surface area contributed by atoms with Crippen LogP contribution in [0.5, 0.6) is 5.75 Å². The molecule has 0 aromatic heterocycles. The Bertz CT molecular complexity index is 828. The first kappa shape index (κ1) is 15.8. The van der Waals surface area contributed by atoms with E-state index in [0.717, 1.165) is 22.6 Å². The van der Waals surface area contributed by atoms with Gasteiger partial charge in [-0.15, -0.1) is 0 Å². The zero-order valence-corrected chi connectivity index (χ0v) is 13.5. The van der Waals surface area contributed by atoms with E-state index in [4.69, 9.17) is 4.74 Å². The van der Waals surface area contributed by atoms with Crippen LogP contribution in [0.2, 0.25) is 0 Å². The number of hydrogen-bond acceptors (Lipinski definition) is 2. The molecule has 3 rings (SSSR count). The summed E-state index contributed by atoms with van der Waals surface area (Å²) in [7, 11) is 0. The lowest BCUT2D eigenvalue weighted by Gasteiger charge is -2.12. The van der Waals surface area contributed by atoms with Crippen LogP contribution in [-0.2, 0) is 6.61 Å². The standard InChI is InChI=1S/C21H19NO2/c1-16-9-5-8-14-20(16)22-21(23)19-13-7-6-10-17(19)15-24-18-11-3-2-4-12-18/h2-14H,15H2,1H3,(H,22,23). The first-order chi connectivity index (χ1) is 11.7. The first-order valence-corrected chi connectivity index (χ1v) is 7.87. The SMILES string of the molecule is Cc1ccccc1NC(=O)c1ccccc1COc1ccccc1. The van der Waals surface area contributed by atoms with Gasteiger partial charge in [-0.1, -0.05) is 54.6 Å². The molecule has 120 valence electrons. The lowest BCUT2D eigenvalue weighted by Crippen LogP contribution is -2.15. The number of carbonyl (C=O) groups excluding carboxylic acids is 1. The van der Waals surface area contributed by atoms with Gasteiger partial charge in [0.2, 0.25) is 0 Å². The molecule has 0 radical (unpaired) electrons. The van der Waals surface area contributed by atoms with Crippen molar-refractivity contribution in [3.05, 3.63) is 95.6 Å². The third-order valence-electron chi connectivity index (χ3n) is 3.79. The summed E-state index contributed by atoms with van der Waals surface area (Å²) in [5.41, 5.74) is 3.33. The molecule has 1 amide bonds. The number of ether oxygens (including phenoxy) is 1. The largest absolute Gasteiger partial charge is 0.489 e. The Labute approximate surface area is 141 Å². The molecule has 24 heavy (non-hydrogen) atoms. The number of aryl methyl sites for hydroxylation is 1. The Hall–Kier alpha value is -3.07. The molecule has 0 aliphatic carbocycles. The Balaban J connectivity index is 1.76. The van der Waals surface area contributed by atoms with E-state index in [1.54, 1.807) is 0 Å². The number of nitrogens with one attached hydrogen (secondary N) is 1. The third-order valence-corrected chi connectivity index (χ3v) is 3.79. The molecule has 0 aliphatic rings. The zero-order chi connectivity index (χ0) is 16.8. The summed E-state index contributed by atoms with van der Waals surface area (Å²) in [6.45, 7) is 2.32. The predicted octanol–water partition coefficient (Wildman–Crippen LogP) is 4.83. The van der Waals surface area contributed by atoms with E-state index < -0.39 is 0 Å². The molecule has 3 aromatic rings. The molecule has 3 nitrogen and oxygen atoms in total. The van der Waals surface area contributed by atoms with Gasteiger partial charge < -0.3 is 10.1 Å². The van der Waals surface area contributed by atoms with Crippen molar-refractivity contribution in [3.63, 3.8) is 0 Å². The lowest BCUT2D eigenvalue weighted by atomic mass is 10.1. The second kappa shape index (κ2) is 7.47. The molecule has 3 heteroatoms. The van der Waals surface area contributed by atoms with Gasteiger partial charge in [-0.2, -0.15) is 0 Å². The van der Waals surface area contributed by atoms with E-state index in [9.17, 15) is 4.79 Å². The maximum Gasteiger partial charge on any atom is 0.256 e. The molecule has 0 fully saturated rings. The molecular weight excluding hydrogens is 298 g/mol. The summed E-state index contributed by atoms with van der Waals surface area (Å²) in [6.07, 6.45) is 0. The fraction of sp³-hybridized carbons (Fsp3) is 0.0952. The maximum absolute atomic E-state index is 12.6. The second-order valence-corrected chi connectivity index (χ2v) is 5.53. The Morgan fingerprint density at radius 2 is 1.54 bits per heavy atom. The van der Waals surface area contributed by atoms with Crippen molar-refractivity contribution in [2.45, 2.75) is 13.5 Å². The van der Waals surface area contributed by atoms with Crippen LogP contribution in [0.25, 0.3) is 0 Å².